The molecule has 0 bridgehead atoms. The molecule has 11 heavy (non-hydrogen) atoms. The summed E-state index contributed by atoms with van der Waals surface area (Å²) in [6, 6.07) is 0. The number of Topliss-reactive ketones (excluding diaryl/α,β-unsaturated/α-hetero) is 1. The van der Waals surface area contributed by atoms with Crippen molar-refractivity contribution in [3.05, 3.63) is 24.3 Å². The average molecular weight is 150 g/mol. The molecule has 1 aliphatic rings. The van der Waals surface area contributed by atoms with Gasteiger partial charge in [-0.05, 0) is 31.3 Å². The van der Waals surface area contributed by atoms with Crippen molar-refractivity contribution >= 4 is 5.78 Å². The third-order valence-electron chi connectivity index (χ3n) is 1.97. The predicted molar refractivity (Wildman–Crippen MR) is 46.4 cm³/mol. The molecule has 0 aromatic rings. The van der Waals surface area contributed by atoms with Gasteiger partial charge in [0, 0.05) is 6.42 Å². The molecular formula is C10H14O. The van der Waals surface area contributed by atoms with Crippen molar-refractivity contribution in [2.45, 2.75) is 32.1 Å². The second-order valence-corrected chi connectivity index (χ2v) is 2.87. The molecule has 1 rings (SSSR count). The van der Waals surface area contributed by atoms with Crippen LogP contribution in [0.3, 0.4) is 0 Å². The first-order valence-electron chi connectivity index (χ1n) is 4.17. The van der Waals surface area contributed by atoms with Crippen molar-refractivity contribution in [1.82, 2.24) is 0 Å². The van der Waals surface area contributed by atoms with Crippen molar-refractivity contribution in [2.24, 2.45) is 0 Å². The highest BCUT2D eigenvalue weighted by atomic mass is 16.1. The fourth-order valence-corrected chi connectivity index (χ4v) is 1.32. The van der Waals surface area contributed by atoms with Gasteiger partial charge < -0.3 is 0 Å². The Labute approximate surface area is 67.8 Å². The lowest BCUT2D eigenvalue weighted by Crippen LogP contribution is -1.98. The van der Waals surface area contributed by atoms with Crippen LogP contribution in [0.4, 0.5) is 0 Å². The molecule has 0 aliphatic heterocycles. The second kappa shape index (κ2) is 4.12. The fraction of sp³-hybridized carbons (Fsp3) is 0.500. The van der Waals surface area contributed by atoms with Crippen LogP contribution in [-0.4, -0.2) is 5.78 Å². The number of rotatable bonds is 4. The summed E-state index contributed by atoms with van der Waals surface area (Å²) in [5, 5.41) is 0. The topological polar surface area (TPSA) is 17.1 Å². The van der Waals surface area contributed by atoms with Gasteiger partial charge in [-0.15, -0.1) is 6.58 Å². The molecule has 0 atom stereocenters. The quantitative estimate of drug-likeness (QED) is 0.563. The van der Waals surface area contributed by atoms with Gasteiger partial charge >= 0.3 is 0 Å². The Morgan fingerprint density at radius 1 is 1.73 bits per heavy atom. The largest absolute Gasteiger partial charge is 0.295 e. The van der Waals surface area contributed by atoms with E-state index in [0.29, 0.717) is 12.2 Å². The third-order valence-corrected chi connectivity index (χ3v) is 1.97. The minimum atomic E-state index is 0.322. The van der Waals surface area contributed by atoms with E-state index in [2.05, 4.69) is 12.7 Å². The smallest absolute Gasteiger partial charge is 0.158 e. The standard InChI is InChI=1S/C10H14O/c1-2-3-8-10(11)9-6-4-5-7-9/h2,6H,1,3-5,7-8H2. The maximum absolute atomic E-state index is 11.3. The summed E-state index contributed by atoms with van der Waals surface area (Å²) >= 11 is 0. The summed E-state index contributed by atoms with van der Waals surface area (Å²) in [5.41, 5.74) is 1.05. The van der Waals surface area contributed by atoms with Gasteiger partial charge in [0.05, 0.1) is 0 Å². The van der Waals surface area contributed by atoms with E-state index < -0.39 is 0 Å². The molecule has 0 saturated heterocycles. The first-order chi connectivity index (χ1) is 5.34. The maximum Gasteiger partial charge on any atom is 0.158 e. The molecule has 0 unspecified atom stereocenters. The Morgan fingerprint density at radius 3 is 3.09 bits per heavy atom. The van der Waals surface area contributed by atoms with E-state index in [9.17, 15) is 4.79 Å². The van der Waals surface area contributed by atoms with Crippen molar-refractivity contribution in [3.63, 3.8) is 0 Å². The van der Waals surface area contributed by atoms with Crippen molar-refractivity contribution < 1.29 is 4.79 Å². The molecule has 0 saturated carbocycles. The summed E-state index contributed by atoms with van der Waals surface area (Å²) in [6.07, 6.45) is 8.59. The molecule has 60 valence electrons. The fourth-order valence-electron chi connectivity index (χ4n) is 1.32. The number of hydrogen-bond donors (Lipinski definition) is 0. The number of hydrogen-bond acceptors (Lipinski definition) is 1. The van der Waals surface area contributed by atoms with Gasteiger partial charge in [0.15, 0.2) is 5.78 Å². The summed E-state index contributed by atoms with van der Waals surface area (Å²) in [4.78, 5) is 11.3. The minimum absolute atomic E-state index is 0.322. The summed E-state index contributed by atoms with van der Waals surface area (Å²) in [7, 11) is 0. The monoisotopic (exact) mass is 150 g/mol. The zero-order valence-electron chi connectivity index (χ0n) is 6.81. The Balaban J connectivity index is 2.34. The summed E-state index contributed by atoms with van der Waals surface area (Å²) in [6.45, 7) is 3.59. The number of carbonyl (C=O) groups excluding carboxylic acids is 1. The Bertz CT molecular complexity index is 189. The molecule has 0 aromatic heterocycles. The molecule has 0 heterocycles. The first-order valence-corrected chi connectivity index (χ1v) is 4.17. The molecule has 0 N–H and O–H groups in total. The lowest BCUT2D eigenvalue weighted by Gasteiger charge is -1.97. The minimum Gasteiger partial charge on any atom is -0.295 e. The predicted octanol–water partition coefficient (Wildman–Crippen LogP) is 2.63. The van der Waals surface area contributed by atoms with E-state index in [0.717, 1.165) is 31.3 Å². The molecule has 0 amide bonds. The van der Waals surface area contributed by atoms with Crippen LogP contribution in [0.15, 0.2) is 24.3 Å². The van der Waals surface area contributed by atoms with Crippen molar-refractivity contribution in [1.29, 1.82) is 0 Å². The SMILES string of the molecule is C=CCCC(=O)C1=CCCC1. The lowest BCUT2D eigenvalue weighted by molar-refractivity contribution is -0.115. The highest BCUT2D eigenvalue weighted by molar-refractivity contribution is 5.95. The molecular weight excluding hydrogens is 136 g/mol. The average Bonchev–Trinajstić information content (AvgIpc) is 2.52. The van der Waals surface area contributed by atoms with Crippen LogP contribution in [0.5, 0.6) is 0 Å². The number of allylic oxidation sites excluding steroid dienone is 3. The van der Waals surface area contributed by atoms with Gasteiger partial charge in [0.2, 0.25) is 0 Å². The normalized spacial score (nSPS) is 16.2. The van der Waals surface area contributed by atoms with E-state index in [-0.39, 0.29) is 0 Å². The van der Waals surface area contributed by atoms with Gasteiger partial charge in [-0.1, -0.05) is 12.2 Å². The molecule has 0 fully saturated rings. The van der Waals surface area contributed by atoms with Crippen LogP contribution in [0.1, 0.15) is 32.1 Å². The first kappa shape index (κ1) is 8.25. The van der Waals surface area contributed by atoms with Crippen LogP contribution in [-0.2, 0) is 4.79 Å². The molecule has 0 spiro atoms. The highest BCUT2D eigenvalue weighted by Gasteiger charge is 2.11. The molecule has 1 heteroatoms. The van der Waals surface area contributed by atoms with Gasteiger partial charge in [0.25, 0.3) is 0 Å². The van der Waals surface area contributed by atoms with Crippen LogP contribution in [0.2, 0.25) is 0 Å². The van der Waals surface area contributed by atoms with E-state index in [1.807, 2.05) is 0 Å². The lowest BCUT2D eigenvalue weighted by atomic mass is 10.1. The highest BCUT2D eigenvalue weighted by Crippen LogP contribution is 2.19. The van der Waals surface area contributed by atoms with Gasteiger partial charge in [-0.2, -0.15) is 0 Å². The van der Waals surface area contributed by atoms with Gasteiger partial charge in [-0.25, -0.2) is 0 Å². The van der Waals surface area contributed by atoms with Crippen molar-refractivity contribution in [2.75, 3.05) is 0 Å². The number of carbonyl (C=O) groups is 1. The molecule has 1 nitrogen and oxygen atoms in total. The van der Waals surface area contributed by atoms with E-state index in [1.54, 1.807) is 6.08 Å². The number of ketones is 1. The molecule has 0 radical (unpaired) electrons. The third kappa shape index (κ3) is 2.34. The Kier molecular flexibility index (Phi) is 3.09. The molecule has 1 aliphatic carbocycles. The zero-order chi connectivity index (χ0) is 8.10. The summed E-state index contributed by atoms with van der Waals surface area (Å²) in [5.74, 6) is 0.322. The van der Waals surface area contributed by atoms with E-state index >= 15 is 0 Å². The van der Waals surface area contributed by atoms with E-state index in [4.69, 9.17) is 0 Å². The molecule has 0 aromatic carbocycles. The summed E-state index contributed by atoms with van der Waals surface area (Å²) < 4.78 is 0. The Hall–Kier alpha value is -0.850. The van der Waals surface area contributed by atoms with Gasteiger partial charge in [-0.3, -0.25) is 4.79 Å². The Morgan fingerprint density at radius 2 is 2.55 bits per heavy atom. The maximum atomic E-state index is 11.3. The van der Waals surface area contributed by atoms with E-state index in [1.165, 1.54) is 0 Å². The zero-order valence-corrected chi connectivity index (χ0v) is 6.81. The van der Waals surface area contributed by atoms with Crippen LogP contribution in [0, 0.1) is 0 Å². The van der Waals surface area contributed by atoms with Gasteiger partial charge in [0.1, 0.15) is 0 Å². The second-order valence-electron chi connectivity index (χ2n) is 2.87. The van der Waals surface area contributed by atoms with Crippen LogP contribution in [0.25, 0.3) is 0 Å². The van der Waals surface area contributed by atoms with Crippen molar-refractivity contribution in [3.8, 4) is 0 Å². The van der Waals surface area contributed by atoms with Crippen LogP contribution < -0.4 is 0 Å². The van der Waals surface area contributed by atoms with Crippen LogP contribution >= 0.6 is 0 Å².